The summed E-state index contributed by atoms with van der Waals surface area (Å²) in [6.07, 6.45) is -0.142. The highest BCUT2D eigenvalue weighted by Gasteiger charge is 2.45. The van der Waals surface area contributed by atoms with Crippen LogP contribution in [0.4, 0.5) is 0 Å². The first-order valence-electron chi connectivity index (χ1n) is 4.51. The molecule has 4 N–H and O–H groups in total. The van der Waals surface area contributed by atoms with Gasteiger partial charge in [0, 0.05) is 12.0 Å². The molecule has 0 rings (SSSR count). The van der Waals surface area contributed by atoms with Gasteiger partial charge in [0.05, 0.1) is 13.2 Å². The first-order chi connectivity index (χ1) is 6.95. The Bertz CT molecular complexity index is 219. The summed E-state index contributed by atoms with van der Waals surface area (Å²) in [6, 6.07) is 0. The van der Waals surface area contributed by atoms with Gasteiger partial charge in [-0.3, -0.25) is 9.59 Å². The Labute approximate surface area is 87.2 Å². The van der Waals surface area contributed by atoms with Crippen LogP contribution in [-0.4, -0.2) is 52.0 Å². The average Bonchev–Trinajstić information content (AvgIpc) is 2.15. The third-order valence-electron chi connectivity index (χ3n) is 2.51. The lowest BCUT2D eigenvalue weighted by atomic mass is 9.72. The highest BCUT2D eigenvalue weighted by molar-refractivity contribution is 5.97. The second-order valence-corrected chi connectivity index (χ2v) is 3.53. The zero-order chi connectivity index (χ0) is 12.1. The monoisotopic (exact) mass is 220 g/mol. The largest absolute Gasteiger partial charge is 0.481 e. The van der Waals surface area contributed by atoms with Crippen LogP contribution in [0.2, 0.25) is 0 Å². The second-order valence-electron chi connectivity index (χ2n) is 3.53. The van der Waals surface area contributed by atoms with Crippen LogP contribution in [0.1, 0.15) is 13.3 Å². The van der Waals surface area contributed by atoms with Crippen LogP contribution in [0.15, 0.2) is 0 Å². The molecule has 0 heterocycles. The molecule has 0 aromatic heterocycles. The van der Waals surface area contributed by atoms with E-state index >= 15 is 0 Å². The summed E-state index contributed by atoms with van der Waals surface area (Å²) in [5.74, 6) is -3.56. The van der Waals surface area contributed by atoms with Gasteiger partial charge in [0.1, 0.15) is 11.7 Å². The zero-order valence-electron chi connectivity index (χ0n) is 8.51. The van der Waals surface area contributed by atoms with Gasteiger partial charge in [0.25, 0.3) is 0 Å². The van der Waals surface area contributed by atoms with Crippen LogP contribution < -0.4 is 0 Å². The van der Waals surface area contributed by atoms with Crippen molar-refractivity contribution < 1.29 is 30.0 Å². The van der Waals surface area contributed by atoms with Gasteiger partial charge in [0.15, 0.2) is 0 Å². The summed E-state index contributed by atoms with van der Waals surface area (Å²) >= 11 is 0. The summed E-state index contributed by atoms with van der Waals surface area (Å²) in [5, 5.41) is 35.8. The van der Waals surface area contributed by atoms with Gasteiger partial charge in [-0.2, -0.15) is 0 Å². The van der Waals surface area contributed by atoms with E-state index in [9.17, 15) is 9.59 Å². The standard InChI is InChI=1S/C9H16O6/c1-6(13)7(8(14)15)9(4-11,5-12)2-3-10/h7,10-12H,2-5H2,1H3,(H,14,15). The smallest absolute Gasteiger partial charge is 0.314 e. The number of rotatable bonds is 7. The quantitative estimate of drug-likeness (QED) is 0.393. The minimum atomic E-state index is -1.50. The van der Waals surface area contributed by atoms with Crippen LogP contribution in [0, 0.1) is 11.3 Å². The number of carbonyl (C=O) groups is 2. The van der Waals surface area contributed by atoms with Crippen molar-refractivity contribution in [2.24, 2.45) is 11.3 Å². The fourth-order valence-electron chi connectivity index (χ4n) is 1.62. The molecule has 15 heavy (non-hydrogen) atoms. The lowest BCUT2D eigenvalue weighted by Crippen LogP contribution is -2.46. The number of carbonyl (C=O) groups excluding carboxylic acids is 1. The number of carboxylic acids is 1. The van der Waals surface area contributed by atoms with Gasteiger partial charge in [-0.1, -0.05) is 0 Å². The number of hydrogen-bond donors (Lipinski definition) is 4. The van der Waals surface area contributed by atoms with Crippen LogP contribution >= 0.6 is 0 Å². The van der Waals surface area contributed by atoms with Gasteiger partial charge in [0.2, 0.25) is 0 Å². The lowest BCUT2D eigenvalue weighted by molar-refractivity contribution is -0.156. The Morgan fingerprint density at radius 3 is 1.87 bits per heavy atom. The van der Waals surface area contributed by atoms with Gasteiger partial charge >= 0.3 is 5.97 Å². The number of aliphatic hydroxyl groups is 3. The maximum absolute atomic E-state index is 11.1. The summed E-state index contributed by atoms with van der Waals surface area (Å²) in [4.78, 5) is 22.0. The molecule has 1 atom stereocenters. The van der Waals surface area contributed by atoms with Gasteiger partial charge in [-0.15, -0.1) is 0 Å². The predicted octanol–water partition coefficient (Wildman–Crippen LogP) is -1.37. The Morgan fingerprint density at radius 1 is 1.20 bits per heavy atom. The molecule has 0 aliphatic heterocycles. The van der Waals surface area contributed by atoms with Crippen molar-refractivity contribution in [3.05, 3.63) is 0 Å². The number of ketones is 1. The maximum Gasteiger partial charge on any atom is 0.314 e. The van der Waals surface area contributed by atoms with E-state index in [1.54, 1.807) is 0 Å². The summed E-state index contributed by atoms with van der Waals surface area (Å²) in [5.41, 5.74) is -1.49. The van der Waals surface area contributed by atoms with Crippen molar-refractivity contribution in [1.82, 2.24) is 0 Å². The van der Waals surface area contributed by atoms with E-state index in [4.69, 9.17) is 20.4 Å². The minimum absolute atomic E-state index is 0.142. The number of hydrogen-bond acceptors (Lipinski definition) is 5. The van der Waals surface area contributed by atoms with Crippen molar-refractivity contribution in [3.8, 4) is 0 Å². The Kier molecular flexibility index (Phi) is 5.41. The van der Waals surface area contributed by atoms with E-state index < -0.39 is 42.9 Å². The summed E-state index contributed by atoms with van der Waals surface area (Å²) in [7, 11) is 0. The third-order valence-corrected chi connectivity index (χ3v) is 2.51. The Balaban J connectivity index is 5.15. The molecule has 1 unspecified atom stereocenters. The highest BCUT2D eigenvalue weighted by Crippen LogP contribution is 2.31. The molecular weight excluding hydrogens is 204 g/mol. The first kappa shape index (κ1) is 14.0. The van der Waals surface area contributed by atoms with Gasteiger partial charge < -0.3 is 20.4 Å². The molecule has 0 spiro atoms. The van der Waals surface area contributed by atoms with Crippen molar-refractivity contribution in [2.45, 2.75) is 13.3 Å². The Morgan fingerprint density at radius 2 is 1.67 bits per heavy atom. The topological polar surface area (TPSA) is 115 Å². The minimum Gasteiger partial charge on any atom is -0.481 e. The molecule has 0 aliphatic rings. The molecule has 88 valence electrons. The number of aliphatic hydroxyl groups excluding tert-OH is 3. The molecule has 0 radical (unpaired) electrons. The molecule has 0 bridgehead atoms. The molecule has 0 saturated heterocycles. The average molecular weight is 220 g/mol. The fourth-order valence-corrected chi connectivity index (χ4v) is 1.62. The third kappa shape index (κ3) is 2.98. The normalized spacial score (nSPS) is 13.6. The molecular formula is C9H16O6. The van der Waals surface area contributed by atoms with Gasteiger partial charge in [-0.05, 0) is 13.3 Å². The fraction of sp³-hybridized carbons (Fsp3) is 0.778. The predicted molar refractivity (Wildman–Crippen MR) is 50.1 cm³/mol. The van der Waals surface area contributed by atoms with Crippen LogP contribution in [0.5, 0.6) is 0 Å². The molecule has 0 fully saturated rings. The van der Waals surface area contributed by atoms with E-state index in [2.05, 4.69) is 0 Å². The molecule has 0 saturated carbocycles. The maximum atomic E-state index is 11.1. The second kappa shape index (κ2) is 5.79. The van der Waals surface area contributed by atoms with Crippen molar-refractivity contribution in [2.75, 3.05) is 19.8 Å². The van der Waals surface area contributed by atoms with E-state index in [1.807, 2.05) is 0 Å². The molecule has 0 aliphatic carbocycles. The molecule has 0 aromatic rings. The highest BCUT2D eigenvalue weighted by atomic mass is 16.4. The number of carboxylic acid groups (broad SMARTS) is 1. The summed E-state index contributed by atoms with van der Waals surface area (Å²) < 4.78 is 0. The summed E-state index contributed by atoms with van der Waals surface area (Å²) in [6.45, 7) is -0.657. The number of aliphatic carboxylic acids is 1. The SMILES string of the molecule is CC(=O)C(C(=O)O)C(CO)(CO)CCO. The van der Waals surface area contributed by atoms with Crippen LogP contribution in [0.3, 0.4) is 0 Å². The molecule has 6 nitrogen and oxygen atoms in total. The molecule has 6 heteroatoms. The van der Waals surface area contributed by atoms with Crippen LogP contribution in [-0.2, 0) is 9.59 Å². The zero-order valence-corrected chi connectivity index (χ0v) is 8.51. The van der Waals surface area contributed by atoms with Crippen molar-refractivity contribution in [1.29, 1.82) is 0 Å². The lowest BCUT2D eigenvalue weighted by Gasteiger charge is -2.33. The first-order valence-corrected chi connectivity index (χ1v) is 4.51. The van der Waals surface area contributed by atoms with Gasteiger partial charge in [-0.25, -0.2) is 0 Å². The van der Waals surface area contributed by atoms with Crippen molar-refractivity contribution >= 4 is 11.8 Å². The van der Waals surface area contributed by atoms with E-state index in [0.29, 0.717) is 0 Å². The van der Waals surface area contributed by atoms with Crippen molar-refractivity contribution in [3.63, 3.8) is 0 Å². The van der Waals surface area contributed by atoms with E-state index in [0.717, 1.165) is 6.92 Å². The van der Waals surface area contributed by atoms with Crippen LogP contribution in [0.25, 0.3) is 0 Å². The molecule has 0 aromatic carbocycles. The van der Waals surface area contributed by atoms with E-state index in [-0.39, 0.29) is 6.42 Å². The van der Waals surface area contributed by atoms with E-state index in [1.165, 1.54) is 0 Å². The molecule has 0 amide bonds. The number of Topliss-reactive ketones (excluding diaryl/α,β-unsaturated/α-hetero) is 1. The Hall–Kier alpha value is -0.980.